The lowest BCUT2D eigenvalue weighted by Crippen LogP contribution is -2.52. The van der Waals surface area contributed by atoms with Crippen LogP contribution in [0.3, 0.4) is 0 Å². The molecule has 0 bridgehead atoms. The lowest BCUT2D eigenvalue weighted by Gasteiger charge is -2.39. The van der Waals surface area contributed by atoms with Gasteiger partial charge in [-0.25, -0.2) is 0 Å². The van der Waals surface area contributed by atoms with Gasteiger partial charge in [0.25, 0.3) is 0 Å². The van der Waals surface area contributed by atoms with Gasteiger partial charge in [0.05, 0.1) is 16.4 Å². The molecule has 1 amide bonds. The van der Waals surface area contributed by atoms with Crippen LogP contribution in [0.4, 0.5) is 0 Å². The first-order valence-electron chi connectivity index (χ1n) is 6.51. The van der Waals surface area contributed by atoms with E-state index in [9.17, 15) is 4.79 Å². The Morgan fingerprint density at radius 1 is 1.47 bits per heavy atom. The number of hydrogen-bond acceptors (Lipinski definition) is 4. The van der Waals surface area contributed by atoms with Crippen LogP contribution in [-0.2, 0) is 4.79 Å². The molecule has 19 heavy (non-hydrogen) atoms. The van der Waals surface area contributed by atoms with E-state index in [1.165, 1.54) is 4.88 Å². The van der Waals surface area contributed by atoms with Gasteiger partial charge in [0.2, 0.25) is 5.91 Å². The summed E-state index contributed by atoms with van der Waals surface area (Å²) in [5.41, 5.74) is 6.29. The Bertz CT molecular complexity index is 451. The molecule has 2 atom stereocenters. The van der Waals surface area contributed by atoms with Gasteiger partial charge in [0, 0.05) is 31.1 Å². The van der Waals surface area contributed by atoms with Crippen LogP contribution < -0.4 is 5.73 Å². The van der Waals surface area contributed by atoms with Crippen molar-refractivity contribution in [3.63, 3.8) is 0 Å². The number of carbonyl (C=O) groups is 1. The Balaban J connectivity index is 2.21. The normalized spacial score (nSPS) is 20.6. The fourth-order valence-corrected chi connectivity index (χ4v) is 4.02. The summed E-state index contributed by atoms with van der Waals surface area (Å²) in [6.45, 7) is 4.22. The first-order chi connectivity index (χ1) is 9.02. The molecule has 0 radical (unpaired) electrons. The number of carbonyl (C=O) groups excluding carboxylic acids is 1. The fourth-order valence-electron chi connectivity index (χ4n) is 2.39. The zero-order valence-corrected chi connectivity index (χ0v) is 13.7. The molecule has 0 aliphatic carbocycles. The van der Waals surface area contributed by atoms with Gasteiger partial charge in [-0.3, -0.25) is 9.69 Å². The quantitative estimate of drug-likeness (QED) is 0.908. The summed E-state index contributed by atoms with van der Waals surface area (Å²) < 4.78 is 1.11. The predicted molar refractivity (Wildman–Crippen MR) is 82.2 cm³/mol. The van der Waals surface area contributed by atoms with E-state index in [-0.39, 0.29) is 18.0 Å². The Morgan fingerprint density at radius 2 is 2.21 bits per heavy atom. The molecule has 106 valence electrons. The number of nitrogens with zero attached hydrogens (tertiary/aromatic N) is 2. The van der Waals surface area contributed by atoms with Crippen LogP contribution in [0.25, 0.3) is 0 Å². The highest BCUT2D eigenvalue weighted by Gasteiger charge is 2.32. The van der Waals surface area contributed by atoms with Crippen molar-refractivity contribution in [2.24, 2.45) is 5.73 Å². The second-order valence-corrected chi connectivity index (χ2v) is 7.44. The summed E-state index contributed by atoms with van der Waals surface area (Å²) in [7, 11) is 1.86. The molecule has 1 aromatic rings. The standard InChI is InChI=1S/C13H20BrN3OS/c1-3-9(15)13(10-4-5-11(14)19-10)17-7-6-16(2)12(18)8-17/h4-5,9,13H,3,6-8,15H2,1-2H3. The number of hydrogen-bond donors (Lipinski definition) is 1. The van der Waals surface area contributed by atoms with E-state index >= 15 is 0 Å². The van der Waals surface area contributed by atoms with E-state index in [0.717, 1.165) is 23.3 Å². The number of rotatable bonds is 4. The van der Waals surface area contributed by atoms with E-state index in [1.807, 2.05) is 13.1 Å². The largest absolute Gasteiger partial charge is 0.343 e. The summed E-state index contributed by atoms with van der Waals surface area (Å²) in [5, 5.41) is 0. The minimum atomic E-state index is 0.0572. The third kappa shape index (κ3) is 3.37. The van der Waals surface area contributed by atoms with Crippen LogP contribution in [0.1, 0.15) is 24.3 Å². The number of piperazine rings is 1. The Labute approximate surface area is 126 Å². The number of nitrogens with two attached hydrogens (primary N) is 1. The van der Waals surface area contributed by atoms with Crippen molar-refractivity contribution in [3.05, 3.63) is 20.8 Å². The van der Waals surface area contributed by atoms with E-state index in [0.29, 0.717) is 6.54 Å². The summed E-state index contributed by atoms with van der Waals surface area (Å²) in [6.07, 6.45) is 0.903. The molecule has 4 nitrogen and oxygen atoms in total. The third-order valence-electron chi connectivity index (χ3n) is 3.64. The zero-order chi connectivity index (χ0) is 14.0. The summed E-state index contributed by atoms with van der Waals surface area (Å²) in [4.78, 5) is 17.1. The zero-order valence-electron chi connectivity index (χ0n) is 11.3. The van der Waals surface area contributed by atoms with Crippen molar-refractivity contribution in [2.45, 2.75) is 25.4 Å². The minimum absolute atomic E-state index is 0.0572. The molecule has 1 saturated heterocycles. The van der Waals surface area contributed by atoms with E-state index in [1.54, 1.807) is 16.2 Å². The highest BCUT2D eigenvalue weighted by molar-refractivity contribution is 9.11. The monoisotopic (exact) mass is 345 g/mol. The van der Waals surface area contributed by atoms with Gasteiger partial charge in [-0.2, -0.15) is 0 Å². The first-order valence-corrected chi connectivity index (χ1v) is 8.12. The molecule has 0 saturated carbocycles. The van der Waals surface area contributed by atoms with E-state index in [2.05, 4.69) is 33.8 Å². The topological polar surface area (TPSA) is 49.6 Å². The summed E-state index contributed by atoms with van der Waals surface area (Å²) >= 11 is 5.21. The van der Waals surface area contributed by atoms with Crippen LogP contribution in [0.5, 0.6) is 0 Å². The van der Waals surface area contributed by atoms with Gasteiger partial charge in [-0.15, -0.1) is 11.3 Å². The number of halogens is 1. The molecular weight excluding hydrogens is 326 g/mol. The van der Waals surface area contributed by atoms with Gasteiger partial charge in [0.1, 0.15) is 0 Å². The van der Waals surface area contributed by atoms with Crippen molar-refractivity contribution in [1.29, 1.82) is 0 Å². The van der Waals surface area contributed by atoms with Crippen LogP contribution in [-0.4, -0.2) is 48.4 Å². The van der Waals surface area contributed by atoms with Crippen LogP contribution >= 0.6 is 27.3 Å². The van der Waals surface area contributed by atoms with Gasteiger partial charge >= 0.3 is 0 Å². The number of amides is 1. The maximum atomic E-state index is 11.9. The molecule has 1 aromatic heterocycles. The van der Waals surface area contributed by atoms with E-state index in [4.69, 9.17) is 5.73 Å². The molecule has 2 heterocycles. The van der Waals surface area contributed by atoms with Gasteiger partial charge in [-0.1, -0.05) is 6.92 Å². The predicted octanol–water partition coefficient (Wildman–Crippen LogP) is 2.06. The molecule has 6 heteroatoms. The molecule has 1 fully saturated rings. The molecular formula is C13H20BrN3OS. The second kappa shape index (κ2) is 6.35. The van der Waals surface area contributed by atoms with Crippen LogP contribution in [0.2, 0.25) is 0 Å². The van der Waals surface area contributed by atoms with Crippen LogP contribution in [0, 0.1) is 0 Å². The highest BCUT2D eigenvalue weighted by Crippen LogP contribution is 2.33. The molecule has 1 aliphatic heterocycles. The summed E-state index contributed by atoms with van der Waals surface area (Å²) in [6, 6.07) is 4.35. The van der Waals surface area contributed by atoms with Crippen molar-refractivity contribution in [3.8, 4) is 0 Å². The molecule has 2 rings (SSSR count). The van der Waals surface area contributed by atoms with Crippen LogP contribution in [0.15, 0.2) is 15.9 Å². The SMILES string of the molecule is CCC(N)C(c1ccc(Br)s1)N1CCN(C)C(=O)C1. The Hall–Kier alpha value is -0.430. The Kier molecular flexibility index (Phi) is 5.00. The summed E-state index contributed by atoms with van der Waals surface area (Å²) in [5.74, 6) is 0.176. The molecule has 2 unspecified atom stereocenters. The highest BCUT2D eigenvalue weighted by atomic mass is 79.9. The lowest BCUT2D eigenvalue weighted by molar-refractivity contribution is -0.135. The smallest absolute Gasteiger partial charge is 0.236 e. The maximum absolute atomic E-state index is 11.9. The van der Waals surface area contributed by atoms with E-state index < -0.39 is 0 Å². The fraction of sp³-hybridized carbons (Fsp3) is 0.615. The van der Waals surface area contributed by atoms with Gasteiger partial charge < -0.3 is 10.6 Å². The molecule has 2 N–H and O–H groups in total. The second-order valence-electron chi connectivity index (χ2n) is 4.94. The number of thiophene rings is 1. The first kappa shape index (κ1) is 15.0. The molecule has 1 aliphatic rings. The minimum Gasteiger partial charge on any atom is -0.343 e. The van der Waals surface area contributed by atoms with Crippen molar-refractivity contribution >= 4 is 33.2 Å². The average Bonchev–Trinajstić information content (AvgIpc) is 2.80. The van der Waals surface area contributed by atoms with Crippen molar-refractivity contribution in [2.75, 3.05) is 26.7 Å². The maximum Gasteiger partial charge on any atom is 0.236 e. The average molecular weight is 346 g/mol. The van der Waals surface area contributed by atoms with Crippen molar-refractivity contribution in [1.82, 2.24) is 9.80 Å². The number of likely N-dealkylation sites (N-methyl/N-ethyl adjacent to an activating group) is 1. The third-order valence-corrected chi connectivity index (χ3v) is 5.34. The van der Waals surface area contributed by atoms with Gasteiger partial charge in [-0.05, 0) is 34.5 Å². The molecule has 0 aromatic carbocycles. The molecule has 0 spiro atoms. The van der Waals surface area contributed by atoms with Gasteiger partial charge in [0.15, 0.2) is 0 Å². The lowest BCUT2D eigenvalue weighted by atomic mass is 10.0. The van der Waals surface area contributed by atoms with Crippen molar-refractivity contribution < 1.29 is 4.79 Å². The Morgan fingerprint density at radius 3 is 2.74 bits per heavy atom.